The van der Waals surface area contributed by atoms with Crippen molar-refractivity contribution in [2.45, 2.75) is 18.8 Å². The van der Waals surface area contributed by atoms with Crippen molar-refractivity contribution in [2.75, 3.05) is 13.2 Å². The van der Waals surface area contributed by atoms with Gasteiger partial charge in [0, 0.05) is 16.3 Å². The van der Waals surface area contributed by atoms with E-state index in [-0.39, 0.29) is 17.8 Å². The van der Waals surface area contributed by atoms with Gasteiger partial charge in [-0.15, -0.1) is 0 Å². The van der Waals surface area contributed by atoms with E-state index in [0.717, 1.165) is 4.47 Å². The molecule has 3 nitrogen and oxygen atoms in total. The van der Waals surface area contributed by atoms with Crippen LogP contribution in [-0.2, 0) is 14.9 Å². The quantitative estimate of drug-likeness (QED) is 0.930. The molecule has 1 unspecified atom stereocenters. The Morgan fingerprint density at radius 1 is 1.47 bits per heavy atom. The number of halogens is 1. The van der Waals surface area contributed by atoms with Crippen LogP contribution >= 0.6 is 15.9 Å². The van der Waals surface area contributed by atoms with Crippen LogP contribution in [0.2, 0.25) is 0 Å². The van der Waals surface area contributed by atoms with Crippen molar-refractivity contribution in [3.63, 3.8) is 0 Å². The first kappa shape index (κ1) is 12.6. The Bertz CT molecular complexity index is 409. The van der Waals surface area contributed by atoms with E-state index in [2.05, 4.69) is 15.9 Å². The number of ether oxygens (including phenoxy) is 1. The Morgan fingerprint density at radius 2 is 2.06 bits per heavy atom. The molecule has 1 aromatic rings. The normalized spacial score (nSPS) is 19.4. The van der Waals surface area contributed by atoms with Crippen LogP contribution in [-0.4, -0.2) is 24.3 Å². The number of hydrogen-bond donors (Lipinski definition) is 1. The molecule has 1 aliphatic heterocycles. The molecule has 1 heterocycles. The molecule has 1 aromatic carbocycles. The minimum atomic E-state index is -0.749. The molecule has 1 aliphatic rings. The summed E-state index contributed by atoms with van der Waals surface area (Å²) in [7, 11) is 0. The van der Waals surface area contributed by atoms with Gasteiger partial charge < -0.3 is 9.84 Å². The molecular formula is C13H15BrO3. The third-order valence-corrected chi connectivity index (χ3v) is 4.09. The highest BCUT2D eigenvalue weighted by Gasteiger charge is 2.45. The Hall–Kier alpha value is -0.870. The lowest BCUT2D eigenvalue weighted by Crippen LogP contribution is -2.52. The molecule has 92 valence electrons. The first-order valence-corrected chi connectivity index (χ1v) is 6.39. The highest BCUT2D eigenvalue weighted by molar-refractivity contribution is 9.10. The highest BCUT2D eigenvalue weighted by atomic mass is 79.9. The number of carboxylic acids is 1. The predicted octanol–water partition coefficient (Wildman–Crippen LogP) is 2.83. The summed E-state index contributed by atoms with van der Waals surface area (Å²) in [5, 5.41) is 8.91. The highest BCUT2D eigenvalue weighted by Crippen LogP contribution is 2.41. The fourth-order valence-corrected chi connectivity index (χ4v) is 2.56. The van der Waals surface area contributed by atoms with Gasteiger partial charge in [0.25, 0.3) is 0 Å². The van der Waals surface area contributed by atoms with Gasteiger partial charge in [0.1, 0.15) is 0 Å². The zero-order valence-electron chi connectivity index (χ0n) is 9.65. The zero-order valence-corrected chi connectivity index (χ0v) is 11.2. The fourth-order valence-electron chi connectivity index (χ4n) is 2.30. The SMILES string of the molecule is CC(CC(=O)O)C1(c2ccc(Br)cc2)COC1. The van der Waals surface area contributed by atoms with Crippen molar-refractivity contribution >= 4 is 21.9 Å². The molecule has 1 atom stereocenters. The summed E-state index contributed by atoms with van der Waals surface area (Å²) >= 11 is 3.40. The molecule has 17 heavy (non-hydrogen) atoms. The molecule has 0 aromatic heterocycles. The zero-order chi connectivity index (χ0) is 12.5. The maximum atomic E-state index is 10.8. The fraction of sp³-hybridized carbons (Fsp3) is 0.462. The minimum absolute atomic E-state index is 0.0786. The number of carbonyl (C=O) groups is 1. The summed E-state index contributed by atoms with van der Waals surface area (Å²) in [6.07, 6.45) is 0.180. The van der Waals surface area contributed by atoms with Crippen LogP contribution < -0.4 is 0 Å². The van der Waals surface area contributed by atoms with Gasteiger partial charge in [0.15, 0.2) is 0 Å². The molecule has 0 amide bonds. The van der Waals surface area contributed by atoms with E-state index in [4.69, 9.17) is 9.84 Å². The van der Waals surface area contributed by atoms with Crippen molar-refractivity contribution in [1.29, 1.82) is 0 Å². The van der Waals surface area contributed by atoms with Gasteiger partial charge >= 0.3 is 5.97 Å². The van der Waals surface area contributed by atoms with Crippen molar-refractivity contribution in [3.05, 3.63) is 34.3 Å². The molecule has 0 spiro atoms. The van der Waals surface area contributed by atoms with Crippen molar-refractivity contribution in [2.24, 2.45) is 5.92 Å². The maximum absolute atomic E-state index is 10.8. The van der Waals surface area contributed by atoms with Crippen LogP contribution in [0.25, 0.3) is 0 Å². The Kier molecular flexibility index (Phi) is 3.54. The van der Waals surface area contributed by atoms with E-state index < -0.39 is 5.97 Å². The third-order valence-electron chi connectivity index (χ3n) is 3.56. The average molecular weight is 299 g/mol. The van der Waals surface area contributed by atoms with E-state index >= 15 is 0 Å². The largest absolute Gasteiger partial charge is 0.481 e. The van der Waals surface area contributed by atoms with E-state index in [1.807, 2.05) is 31.2 Å². The van der Waals surface area contributed by atoms with Gasteiger partial charge in [-0.2, -0.15) is 0 Å². The molecule has 0 saturated carbocycles. The number of rotatable bonds is 4. The molecule has 2 rings (SSSR count). The first-order chi connectivity index (χ1) is 8.04. The number of hydrogen-bond acceptors (Lipinski definition) is 2. The smallest absolute Gasteiger partial charge is 0.303 e. The number of aliphatic carboxylic acids is 1. The minimum Gasteiger partial charge on any atom is -0.481 e. The predicted molar refractivity (Wildman–Crippen MR) is 68.1 cm³/mol. The number of carboxylic acid groups (broad SMARTS) is 1. The topological polar surface area (TPSA) is 46.5 Å². The van der Waals surface area contributed by atoms with Crippen molar-refractivity contribution in [1.82, 2.24) is 0 Å². The summed E-state index contributed by atoms with van der Waals surface area (Å²) in [6.45, 7) is 3.21. The summed E-state index contributed by atoms with van der Waals surface area (Å²) in [4.78, 5) is 10.8. The van der Waals surface area contributed by atoms with Crippen LogP contribution in [0.5, 0.6) is 0 Å². The van der Waals surface area contributed by atoms with Crippen LogP contribution in [0, 0.1) is 5.92 Å². The Balaban J connectivity index is 2.24. The lowest BCUT2D eigenvalue weighted by atomic mass is 9.68. The van der Waals surface area contributed by atoms with Crippen LogP contribution in [0.4, 0.5) is 0 Å². The van der Waals surface area contributed by atoms with Gasteiger partial charge in [-0.3, -0.25) is 4.79 Å². The summed E-state index contributed by atoms with van der Waals surface area (Å²) in [5.41, 5.74) is 1.04. The second kappa shape index (κ2) is 4.78. The van der Waals surface area contributed by atoms with E-state index in [9.17, 15) is 4.79 Å². The van der Waals surface area contributed by atoms with E-state index in [1.54, 1.807) is 0 Å². The second-order valence-corrected chi connectivity index (χ2v) is 5.57. The van der Waals surface area contributed by atoms with Crippen LogP contribution in [0.3, 0.4) is 0 Å². The summed E-state index contributed by atoms with van der Waals surface area (Å²) < 4.78 is 6.35. The molecule has 1 saturated heterocycles. The second-order valence-electron chi connectivity index (χ2n) is 4.65. The van der Waals surface area contributed by atoms with Crippen LogP contribution in [0.1, 0.15) is 18.9 Å². The van der Waals surface area contributed by atoms with Crippen LogP contribution in [0.15, 0.2) is 28.7 Å². The summed E-state index contributed by atoms with van der Waals surface area (Å²) in [5.74, 6) is -0.671. The van der Waals surface area contributed by atoms with Gasteiger partial charge in [-0.25, -0.2) is 0 Å². The average Bonchev–Trinajstić information content (AvgIpc) is 2.18. The van der Waals surface area contributed by atoms with Gasteiger partial charge in [0.05, 0.1) is 13.2 Å². The lowest BCUT2D eigenvalue weighted by Gasteiger charge is -2.46. The van der Waals surface area contributed by atoms with E-state index in [0.29, 0.717) is 13.2 Å². The molecule has 0 bridgehead atoms. The maximum Gasteiger partial charge on any atom is 0.303 e. The summed E-state index contributed by atoms with van der Waals surface area (Å²) in [6, 6.07) is 8.07. The lowest BCUT2D eigenvalue weighted by molar-refractivity contribution is -0.142. The standard InChI is InChI=1S/C13H15BrO3/c1-9(6-12(15)16)13(7-17-8-13)10-2-4-11(14)5-3-10/h2-5,9H,6-8H2,1H3,(H,15,16). The van der Waals surface area contributed by atoms with Crippen molar-refractivity contribution in [3.8, 4) is 0 Å². The molecule has 1 fully saturated rings. The van der Waals surface area contributed by atoms with Gasteiger partial charge in [-0.1, -0.05) is 35.0 Å². The van der Waals surface area contributed by atoms with Gasteiger partial charge in [-0.05, 0) is 23.6 Å². The van der Waals surface area contributed by atoms with Crippen molar-refractivity contribution < 1.29 is 14.6 Å². The Labute approximate surface area is 109 Å². The monoisotopic (exact) mass is 298 g/mol. The molecular weight excluding hydrogens is 284 g/mol. The number of benzene rings is 1. The molecule has 1 N–H and O–H groups in total. The Morgan fingerprint density at radius 3 is 2.47 bits per heavy atom. The molecule has 4 heteroatoms. The van der Waals surface area contributed by atoms with Gasteiger partial charge in [0.2, 0.25) is 0 Å². The first-order valence-electron chi connectivity index (χ1n) is 5.60. The third kappa shape index (κ3) is 2.38. The van der Waals surface area contributed by atoms with E-state index in [1.165, 1.54) is 5.56 Å². The molecule has 0 aliphatic carbocycles. The molecule has 0 radical (unpaired) electrons.